The molecular formula is C20H23N3O. The lowest BCUT2D eigenvalue weighted by Gasteiger charge is -2.29. The van der Waals surface area contributed by atoms with Crippen LogP contribution in [0, 0.1) is 0 Å². The Balaban J connectivity index is 1.63. The van der Waals surface area contributed by atoms with Crippen LogP contribution in [-0.2, 0) is 6.42 Å². The number of hydrogen-bond donors (Lipinski definition) is 0. The summed E-state index contributed by atoms with van der Waals surface area (Å²) in [5.41, 5.74) is 3.93. The second-order valence-corrected chi connectivity index (χ2v) is 6.80. The topological polar surface area (TPSA) is 36.4 Å². The minimum Gasteiger partial charge on any atom is -0.371 e. The molecule has 124 valence electrons. The van der Waals surface area contributed by atoms with Crippen LogP contribution in [0.15, 0.2) is 42.6 Å². The molecule has 1 amide bonds. The molecule has 2 aliphatic rings. The first-order valence-corrected chi connectivity index (χ1v) is 8.86. The Kier molecular flexibility index (Phi) is 3.97. The Hall–Kier alpha value is -2.36. The molecule has 0 aliphatic carbocycles. The molecular weight excluding hydrogens is 298 g/mol. The highest BCUT2D eigenvalue weighted by atomic mass is 16.2. The second-order valence-electron chi connectivity index (χ2n) is 6.80. The van der Waals surface area contributed by atoms with Crippen molar-refractivity contribution in [1.82, 2.24) is 4.98 Å². The van der Waals surface area contributed by atoms with E-state index >= 15 is 0 Å². The summed E-state index contributed by atoms with van der Waals surface area (Å²) in [6.07, 6.45) is 6.43. The zero-order valence-electron chi connectivity index (χ0n) is 14.1. The molecule has 0 radical (unpaired) electrons. The van der Waals surface area contributed by atoms with Crippen LogP contribution in [0.2, 0.25) is 0 Å². The van der Waals surface area contributed by atoms with Gasteiger partial charge >= 0.3 is 0 Å². The molecule has 1 fully saturated rings. The van der Waals surface area contributed by atoms with Crippen molar-refractivity contribution in [1.29, 1.82) is 0 Å². The third-order valence-electron chi connectivity index (χ3n) is 5.11. The fourth-order valence-electron chi connectivity index (χ4n) is 3.88. The monoisotopic (exact) mass is 321 g/mol. The lowest BCUT2D eigenvalue weighted by atomic mass is 10.1. The SMILES string of the molecule is CC1Cc2ccccc2N1C(=O)c1cc(N2CCCCC2)ccn1. The van der Waals surface area contributed by atoms with Gasteiger partial charge in [-0.05, 0) is 56.4 Å². The Bertz CT molecular complexity index is 752. The van der Waals surface area contributed by atoms with Gasteiger partial charge in [0.05, 0.1) is 0 Å². The van der Waals surface area contributed by atoms with Gasteiger partial charge in [0.1, 0.15) is 5.69 Å². The Morgan fingerprint density at radius 1 is 1.12 bits per heavy atom. The van der Waals surface area contributed by atoms with E-state index in [4.69, 9.17) is 0 Å². The number of piperidine rings is 1. The number of anilines is 2. The summed E-state index contributed by atoms with van der Waals surface area (Å²) < 4.78 is 0. The summed E-state index contributed by atoms with van der Waals surface area (Å²) in [5, 5.41) is 0. The molecule has 0 saturated carbocycles. The average molecular weight is 321 g/mol. The number of para-hydroxylation sites is 1. The van der Waals surface area contributed by atoms with Crippen molar-refractivity contribution < 1.29 is 4.79 Å². The van der Waals surface area contributed by atoms with Crippen LogP contribution < -0.4 is 9.80 Å². The second kappa shape index (κ2) is 6.27. The quantitative estimate of drug-likeness (QED) is 0.847. The zero-order valence-corrected chi connectivity index (χ0v) is 14.1. The summed E-state index contributed by atoms with van der Waals surface area (Å²) >= 11 is 0. The third-order valence-corrected chi connectivity index (χ3v) is 5.11. The van der Waals surface area contributed by atoms with E-state index in [2.05, 4.69) is 22.9 Å². The summed E-state index contributed by atoms with van der Waals surface area (Å²) in [5.74, 6) is 0.00584. The van der Waals surface area contributed by atoms with Crippen molar-refractivity contribution in [3.8, 4) is 0 Å². The number of carbonyl (C=O) groups excluding carboxylic acids is 1. The first kappa shape index (κ1) is 15.2. The number of pyridine rings is 1. The van der Waals surface area contributed by atoms with Crippen molar-refractivity contribution >= 4 is 17.3 Å². The van der Waals surface area contributed by atoms with Gasteiger partial charge in [-0.3, -0.25) is 9.78 Å². The van der Waals surface area contributed by atoms with Gasteiger partial charge in [-0.1, -0.05) is 18.2 Å². The van der Waals surface area contributed by atoms with Crippen LogP contribution in [-0.4, -0.2) is 30.0 Å². The number of nitrogens with zero attached hydrogens (tertiary/aromatic N) is 3. The molecule has 4 heteroatoms. The molecule has 1 atom stereocenters. The van der Waals surface area contributed by atoms with E-state index in [-0.39, 0.29) is 11.9 Å². The highest BCUT2D eigenvalue weighted by molar-refractivity contribution is 6.07. The van der Waals surface area contributed by atoms with E-state index in [9.17, 15) is 4.79 Å². The van der Waals surface area contributed by atoms with Gasteiger partial charge in [-0.15, -0.1) is 0 Å². The van der Waals surface area contributed by atoms with Gasteiger partial charge in [-0.25, -0.2) is 0 Å². The van der Waals surface area contributed by atoms with Crippen LogP contribution in [0.1, 0.15) is 42.2 Å². The van der Waals surface area contributed by atoms with E-state index in [1.165, 1.54) is 24.8 Å². The fraction of sp³-hybridized carbons (Fsp3) is 0.400. The summed E-state index contributed by atoms with van der Waals surface area (Å²) in [7, 11) is 0. The van der Waals surface area contributed by atoms with E-state index in [1.54, 1.807) is 6.20 Å². The minimum absolute atomic E-state index is 0.00584. The molecule has 1 saturated heterocycles. The molecule has 4 rings (SSSR count). The van der Waals surface area contributed by atoms with Gasteiger partial charge in [0.25, 0.3) is 5.91 Å². The number of fused-ring (bicyclic) bond motifs is 1. The lowest BCUT2D eigenvalue weighted by Crippen LogP contribution is -2.36. The van der Waals surface area contributed by atoms with Crippen LogP contribution >= 0.6 is 0 Å². The maximum atomic E-state index is 13.1. The zero-order chi connectivity index (χ0) is 16.5. The Morgan fingerprint density at radius 3 is 2.75 bits per heavy atom. The molecule has 1 unspecified atom stereocenters. The van der Waals surface area contributed by atoms with E-state index in [1.807, 2.05) is 35.2 Å². The number of hydrogen-bond acceptors (Lipinski definition) is 3. The smallest absolute Gasteiger partial charge is 0.277 e. The van der Waals surface area contributed by atoms with Gasteiger partial charge < -0.3 is 9.80 Å². The molecule has 0 spiro atoms. The first-order valence-electron chi connectivity index (χ1n) is 8.86. The van der Waals surface area contributed by atoms with Gasteiger partial charge in [0.15, 0.2) is 0 Å². The van der Waals surface area contributed by atoms with Crippen LogP contribution in [0.25, 0.3) is 0 Å². The van der Waals surface area contributed by atoms with Gasteiger partial charge in [-0.2, -0.15) is 0 Å². The molecule has 1 aromatic heterocycles. The van der Waals surface area contributed by atoms with E-state index in [0.29, 0.717) is 5.69 Å². The molecule has 0 bridgehead atoms. The van der Waals surface area contributed by atoms with Gasteiger partial charge in [0.2, 0.25) is 0 Å². The fourth-order valence-corrected chi connectivity index (χ4v) is 3.88. The van der Waals surface area contributed by atoms with Crippen LogP contribution in [0.5, 0.6) is 0 Å². The summed E-state index contributed by atoms with van der Waals surface area (Å²) in [6, 6.07) is 12.3. The van der Waals surface area contributed by atoms with Crippen LogP contribution in [0.4, 0.5) is 11.4 Å². The number of carbonyl (C=O) groups is 1. The molecule has 4 nitrogen and oxygen atoms in total. The predicted molar refractivity (Wildman–Crippen MR) is 96.7 cm³/mol. The number of aromatic nitrogens is 1. The maximum absolute atomic E-state index is 13.1. The molecule has 3 heterocycles. The normalized spacial score (nSPS) is 20.1. The van der Waals surface area contributed by atoms with Crippen molar-refractivity contribution in [2.75, 3.05) is 22.9 Å². The summed E-state index contributed by atoms with van der Waals surface area (Å²) in [6.45, 7) is 4.24. The van der Waals surface area contributed by atoms with E-state index in [0.717, 1.165) is 30.9 Å². The van der Waals surface area contributed by atoms with Crippen molar-refractivity contribution in [3.63, 3.8) is 0 Å². The number of rotatable bonds is 2. The number of amides is 1. The Morgan fingerprint density at radius 2 is 1.92 bits per heavy atom. The van der Waals surface area contributed by atoms with Crippen molar-refractivity contribution in [3.05, 3.63) is 53.9 Å². The molecule has 24 heavy (non-hydrogen) atoms. The third kappa shape index (κ3) is 2.66. The molecule has 0 N–H and O–H groups in total. The van der Waals surface area contributed by atoms with E-state index < -0.39 is 0 Å². The standard InChI is InChI=1S/C20H23N3O/c1-15-13-16-7-3-4-8-19(16)23(15)20(24)18-14-17(9-10-21-18)22-11-5-2-6-12-22/h3-4,7-10,14-15H,2,5-6,11-13H2,1H3. The van der Waals surface area contributed by atoms with Crippen molar-refractivity contribution in [2.24, 2.45) is 0 Å². The van der Waals surface area contributed by atoms with Crippen LogP contribution in [0.3, 0.4) is 0 Å². The highest BCUT2D eigenvalue weighted by Crippen LogP contribution is 2.33. The molecule has 1 aromatic carbocycles. The predicted octanol–water partition coefficient (Wildman–Crippen LogP) is 3.66. The largest absolute Gasteiger partial charge is 0.371 e. The maximum Gasteiger partial charge on any atom is 0.277 e. The van der Waals surface area contributed by atoms with Crippen molar-refractivity contribution in [2.45, 2.75) is 38.6 Å². The Labute approximate surface area is 143 Å². The van der Waals surface area contributed by atoms with Gasteiger partial charge in [0, 0.05) is 36.7 Å². The average Bonchev–Trinajstić information content (AvgIpc) is 2.97. The minimum atomic E-state index is 0.00584. The summed E-state index contributed by atoms with van der Waals surface area (Å²) in [4.78, 5) is 21.7. The highest BCUT2D eigenvalue weighted by Gasteiger charge is 2.32. The first-order chi connectivity index (χ1) is 11.7. The lowest BCUT2D eigenvalue weighted by molar-refractivity contribution is 0.0976. The molecule has 2 aromatic rings. The number of benzene rings is 1. The molecule has 2 aliphatic heterocycles.